The number of aliphatic hydroxyl groups excluding tert-OH is 1. The Bertz CT molecular complexity index is 1150. The van der Waals surface area contributed by atoms with E-state index in [0.717, 1.165) is 23.4 Å². The number of hydrogen-bond donors (Lipinski definition) is 2. The molecule has 3 aromatic rings. The molecule has 192 valence electrons. The fourth-order valence-corrected chi connectivity index (χ4v) is 5.44. The maximum absolute atomic E-state index is 11.4. The summed E-state index contributed by atoms with van der Waals surface area (Å²) in [5.41, 5.74) is 3.15. The third-order valence-electron chi connectivity index (χ3n) is 6.78. The van der Waals surface area contributed by atoms with Crippen LogP contribution in [0.15, 0.2) is 66.7 Å². The Morgan fingerprint density at radius 3 is 2.33 bits per heavy atom. The summed E-state index contributed by atoms with van der Waals surface area (Å²) in [6.07, 6.45) is 0. The minimum Gasteiger partial charge on any atom is -0.491 e. The Morgan fingerprint density at radius 2 is 1.69 bits per heavy atom. The Hall–Kier alpha value is -2.28. The number of β-amino-alcohol motifs (C(OH)–C–C–N with tert-alkyl or cyclic N) is 1. The van der Waals surface area contributed by atoms with E-state index in [4.69, 9.17) is 33.0 Å². The van der Waals surface area contributed by atoms with Crippen molar-refractivity contribution in [1.82, 2.24) is 4.90 Å². The van der Waals surface area contributed by atoms with Crippen molar-refractivity contribution < 1.29 is 14.9 Å². The van der Waals surface area contributed by atoms with Gasteiger partial charge in [-0.2, -0.15) is 0 Å². The number of rotatable bonds is 8. The van der Waals surface area contributed by atoms with Crippen molar-refractivity contribution in [2.24, 2.45) is 0 Å². The summed E-state index contributed by atoms with van der Waals surface area (Å²) in [6.45, 7) is 8.28. The molecule has 3 aromatic carbocycles. The third-order valence-corrected chi connectivity index (χ3v) is 7.34. The van der Waals surface area contributed by atoms with Gasteiger partial charge in [0.05, 0.1) is 29.0 Å². The predicted molar refractivity (Wildman–Crippen MR) is 147 cm³/mol. The minimum atomic E-state index is -0.983. The quantitative estimate of drug-likeness (QED) is 0.385. The number of ether oxygens (including phenoxy) is 1. The zero-order valence-electron chi connectivity index (χ0n) is 21.0. The van der Waals surface area contributed by atoms with E-state index < -0.39 is 5.60 Å². The molecule has 0 unspecified atom stereocenters. The molecular formula is C29H34Cl2N2O3. The zero-order chi connectivity index (χ0) is 25.9. The largest absolute Gasteiger partial charge is 0.491 e. The van der Waals surface area contributed by atoms with Gasteiger partial charge < -0.3 is 19.8 Å². The normalized spacial score (nSPS) is 20.2. The van der Waals surface area contributed by atoms with Crippen LogP contribution in [0.4, 0.5) is 5.69 Å². The van der Waals surface area contributed by atoms with Gasteiger partial charge in [-0.05, 0) is 56.2 Å². The lowest BCUT2D eigenvalue weighted by Gasteiger charge is -2.49. The molecule has 4 rings (SSSR count). The van der Waals surface area contributed by atoms with Gasteiger partial charge in [0.2, 0.25) is 0 Å². The second-order valence-corrected chi connectivity index (χ2v) is 10.7. The molecule has 1 fully saturated rings. The standard InChI is InChI=1S/C29H34Cl2N2O3/c1-20-4-8-23(9-5-20)29(3,35)19-32-17-21(2)33(28(18-32)22-6-10-24(30)11-7-22)27-13-12-25(16-26(27)31)36-15-14-34/h4-13,16,21,28,34-35H,14-15,17-19H2,1-3H3/t21-,28-,29+/m0/s1. The first kappa shape index (κ1) is 26.8. The first-order valence-corrected chi connectivity index (χ1v) is 13.0. The molecule has 0 aliphatic carbocycles. The van der Waals surface area contributed by atoms with Gasteiger partial charge in [-0.15, -0.1) is 0 Å². The van der Waals surface area contributed by atoms with Crippen molar-refractivity contribution in [3.63, 3.8) is 0 Å². The third kappa shape index (κ3) is 6.16. The number of aryl methyl sites for hydroxylation is 1. The van der Waals surface area contributed by atoms with Crippen molar-refractivity contribution in [3.05, 3.63) is 93.5 Å². The van der Waals surface area contributed by atoms with Crippen LogP contribution in [0, 0.1) is 6.92 Å². The van der Waals surface area contributed by atoms with Gasteiger partial charge in [-0.25, -0.2) is 0 Å². The molecule has 0 spiro atoms. The molecule has 0 amide bonds. The molecule has 5 nitrogen and oxygen atoms in total. The van der Waals surface area contributed by atoms with Gasteiger partial charge in [0, 0.05) is 36.8 Å². The summed E-state index contributed by atoms with van der Waals surface area (Å²) >= 11 is 13.0. The Morgan fingerprint density at radius 1 is 1.00 bits per heavy atom. The molecule has 1 heterocycles. The lowest BCUT2D eigenvalue weighted by atomic mass is 9.92. The van der Waals surface area contributed by atoms with Gasteiger partial charge in [-0.1, -0.05) is 65.2 Å². The van der Waals surface area contributed by atoms with E-state index in [9.17, 15) is 5.11 Å². The number of nitrogens with zero attached hydrogens (tertiary/aromatic N) is 2. The average Bonchev–Trinajstić information content (AvgIpc) is 2.83. The van der Waals surface area contributed by atoms with Crippen LogP contribution in [0.25, 0.3) is 0 Å². The molecule has 1 aliphatic rings. The van der Waals surface area contributed by atoms with Crippen molar-refractivity contribution >= 4 is 28.9 Å². The highest BCUT2D eigenvalue weighted by molar-refractivity contribution is 6.33. The van der Waals surface area contributed by atoms with E-state index in [0.29, 0.717) is 28.9 Å². The summed E-state index contributed by atoms with van der Waals surface area (Å²) in [7, 11) is 0. The topological polar surface area (TPSA) is 56.2 Å². The number of aliphatic hydroxyl groups is 2. The minimum absolute atomic E-state index is 0.00143. The number of benzene rings is 3. The van der Waals surface area contributed by atoms with Crippen LogP contribution in [0.2, 0.25) is 10.0 Å². The van der Waals surface area contributed by atoms with Crippen LogP contribution in [0.3, 0.4) is 0 Å². The maximum Gasteiger partial charge on any atom is 0.121 e. The summed E-state index contributed by atoms with van der Waals surface area (Å²) in [5, 5.41) is 21.8. The van der Waals surface area contributed by atoms with Crippen molar-refractivity contribution in [2.75, 3.05) is 37.7 Å². The van der Waals surface area contributed by atoms with Gasteiger partial charge in [-0.3, -0.25) is 4.90 Å². The molecule has 2 N–H and O–H groups in total. The lowest BCUT2D eigenvalue weighted by molar-refractivity contribution is 0.00636. The molecule has 0 aromatic heterocycles. The highest BCUT2D eigenvalue weighted by Crippen LogP contribution is 2.40. The highest BCUT2D eigenvalue weighted by Gasteiger charge is 2.37. The fraction of sp³-hybridized carbons (Fsp3) is 0.379. The van der Waals surface area contributed by atoms with Crippen LogP contribution in [-0.2, 0) is 5.60 Å². The van der Waals surface area contributed by atoms with E-state index in [2.05, 4.69) is 28.9 Å². The molecule has 0 saturated carbocycles. The van der Waals surface area contributed by atoms with E-state index in [1.54, 1.807) is 6.07 Å². The van der Waals surface area contributed by atoms with Crippen LogP contribution >= 0.6 is 23.2 Å². The van der Waals surface area contributed by atoms with Gasteiger partial charge in [0.1, 0.15) is 12.4 Å². The SMILES string of the molecule is Cc1ccc([C@](C)(O)CN2C[C@H](C)N(c3ccc(OCCO)cc3Cl)[C@H](c3ccc(Cl)cc3)C2)cc1. The fourth-order valence-electron chi connectivity index (χ4n) is 5.05. The number of halogens is 2. The van der Waals surface area contributed by atoms with E-state index in [1.807, 2.05) is 62.4 Å². The molecule has 1 saturated heterocycles. The molecule has 3 atom stereocenters. The van der Waals surface area contributed by atoms with Crippen LogP contribution < -0.4 is 9.64 Å². The van der Waals surface area contributed by atoms with Crippen molar-refractivity contribution in [1.29, 1.82) is 0 Å². The molecule has 0 radical (unpaired) electrons. The van der Waals surface area contributed by atoms with Crippen molar-refractivity contribution in [2.45, 2.75) is 38.5 Å². The molecule has 1 aliphatic heterocycles. The van der Waals surface area contributed by atoms with E-state index in [1.165, 1.54) is 5.56 Å². The molecule has 36 heavy (non-hydrogen) atoms. The number of hydrogen-bond acceptors (Lipinski definition) is 5. The zero-order valence-corrected chi connectivity index (χ0v) is 22.5. The lowest BCUT2D eigenvalue weighted by Crippen LogP contribution is -2.56. The summed E-state index contributed by atoms with van der Waals surface area (Å²) in [5.74, 6) is 0.626. The van der Waals surface area contributed by atoms with Gasteiger partial charge in [0.25, 0.3) is 0 Å². The Labute approximate surface area is 223 Å². The Balaban J connectivity index is 1.63. The number of piperazine rings is 1. The second kappa shape index (κ2) is 11.4. The summed E-state index contributed by atoms with van der Waals surface area (Å²) in [4.78, 5) is 4.67. The predicted octanol–water partition coefficient (Wildman–Crippen LogP) is 5.83. The first-order chi connectivity index (χ1) is 17.2. The number of anilines is 1. The van der Waals surface area contributed by atoms with E-state index in [-0.39, 0.29) is 25.3 Å². The molecule has 0 bridgehead atoms. The van der Waals surface area contributed by atoms with Gasteiger partial charge >= 0.3 is 0 Å². The molecular weight excluding hydrogens is 495 g/mol. The first-order valence-electron chi connectivity index (χ1n) is 12.3. The average molecular weight is 530 g/mol. The van der Waals surface area contributed by atoms with Gasteiger partial charge in [0.15, 0.2) is 0 Å². The maximum atomic E-state index is 11.4. The highest BCUT2D eigenvalue weighted by atomic mass is 35.5. The summed E-state index contributed by atoms with van der Waals surface area (Å²) < 4.78 is 5.55. The summed E-state index contributed by atoms with van der Waals surface area (Å²) in [6, 6.07) is 21.8. The van der Waals surface area contributed by atoms with Crippen LogP contribution in [-0.4, -0.2) is 54.0 Å². The van der Waals surface area contributed by atoms with E-state index >= 15 is 0 Å². The Kier molecular flexibility index (Phi) is 8.48. The van der Waals surface area contributed by atoms with Crippen LogP contribution in [0.5, 0.6) is 5.75 Å². The van der Waals surface area contributed by atoms with Crippen molar-refractivity contribution in [3.8, 4) is 5.75 Å². The smallest absolute Gasteiger partial charge is 0.121 e. The second-order valence-electron chi connectivity index (χ2n) is 9.84. The monoisotopic (exact) mass is 528 g/mol. The van der Waals surface area contributed by atoms with Crippen LogP contribution in [0.1, 0.15) is 36.6 Å². The molecule has 7 heteroatoms.